The second-order valence-corrected chi connectivity index (χ2v) is 9.27. The van der Waals surface area contributed by atoms with Crippen LogP contribution >= 0.6 is 0 Å². The van der Waals surface area contributed by atoms with E-state index in [-0.39, 0.29) is 5.25 Å². The Morgan fingerprint density at radius 1 is 0.800 bits per heavy atom. The van der Waals surface area contributed by atoms with Crippen LogP contribution in [0.1, 0.15) is 40.5 Å². The molecule has 0 amide bonds. The summed E-state index contributed by atoms with van der Waals surface area (Å²) < 4.78 is 3.26. The summed E-state index contributed by atoms with van der Waals surface area (Å²) >= 11 is -0.612. The van der Waals surface area contributed by atoms with Crippen molar-refractivity contribution in [3.63, 3.8) is 0 Å². The van der Waals surface area contributed by atoms with E-state index in [1.165, 1.54) is 0 Å². The average Bonchev–Trinajstić information content (AvgIpc) is 3.51. The second kappa shape index (κ2) is 7.42. The van der Waals surface area contributed by atoms with Crippen molar-refractivity contribution in [3.8, 4) is 0 Å². The lowest BCUT2D eigenvalue weighted by molar-refractivity contribution is 1.10. The zero-order valence-corrected chi connectivity index (χ0v) is 17.4. The Morgan fingerprint density at radius 2 is 1.40 bits per heavy atom. The summed E-state index contributed by atoms with van der Waals surface area (Å²) in [6.45, 7) is 2.04. The molecule has 0 saturated carbocycles. The summed E-state index contributed by atoms with van der Waals surface area (Å²) in [7, 11) is 0. The molecular weight excluding hydrogens is 394 g/mol. The molecule has 5 rings (SSSR count). The van der Waals surface area contributed by atoms with Crippen LogP contribution in [-0.4, -0.2) is 26.2 Å². The molecule has 1 unspecified atom stereocenters. The Kier molecular flexibility index (Phi) is 4.59. The third kappa shape index (κ3) is 3.59. The van der Waals surface area contributed by atoms with Crippen molar-refractivity contribution in [3.05, 3.63) is 75.7 Å². The van der Waals surface area contributed by atoms with E-state index >= 15 is 0 Å². The van der Waals surface area contributed by atoms with Crippen LogP contribution < -0.4 is 0 Å². The van der Waals surface area contributed by atoms with Gasteiger partial charge in [0, 0.05) is 27.6 Å². The summed E-state index contributed by atoms with van der Waals surface area (Å²) in [4.78, 5) is 27.4. The number of fused-ring (bicyclic) bond motifs is 8. The predicted molar refractivity (Wildman–Crippen MR) is 126 cm³/mol. The Bertz CT molecular complexity index is 1360. The summed E-state index contributed by atoms with van der Waals surface area (Å²) in [5, 5.41) is 0.00870. The molecule has 0 fully saturated rings. The van der Waals surface area contributed by atoms with Gasteiger partial charge in [-0.25, -0.2) is 9.97 Å². The standard InChI is InChI=1S/C23H20N5OS/c1-14(30(2)28-29)22-12-21-11-19-6-5-17(25-19)9-15-3-4-16(24-15)10-18-7-8-20(26-18)13-23(22)27-21/h3-14,25,27H,1-2H3/q+1/t14-,30?/m0/s1. The second-order valence-electron chi connectivity index (χ2n) is 7.37. The van der Waals surface area contributed by atoms with E-state index in [4.69, 9.17) is 4.98 Å². The average molecular weight is 415 g/mol. The minimum atomic E-state index is -0.612. The van der Waals surface area contributed by atoms with Crippen molar-refractivity contribution in [1.29, 1.82) is 0 Å². The van der Waals surface area contributed by atoms with Gasteiger partial charge in [0.1, 0.15) is 6.26 Å². The van der Waals surface area contributed by atoms with E-state index in [0.29, 0.717) is 0 Å². The first-order valence-corrected chi connectivity index (χ1v) is 11.3. The molecule has 3 aromatic rings. The van der Waals surface area contributed by atoms with Crippen molar-refractivity contribution in [2.75, 3.05) is 6.26 Å². The number of rotatable bonds is 3. The minimum absolute atomic E-state index is 0.00870. The predicted octanol–water partition coefficient (Wildman–Crippen LogP) is 5.65. The van der Waals surface area contributed by atoms with Gasteiger partial charge in [0.25, 0.3) is 0 Å². The highest BCUT2D eigenvalue weighted by Gasteiger charge is 2.27. The van der Waals surface area contributed by atoms with E-state index < -0.39 is 11.1 Å². The molecule has 0 aromatic carbocycles. The summed E-state index contributed by atoms with van der Waals surface area (Å²) in [5.41, 5.74) is 8.41. The van der Waals surface area contributed by atoms with Crippen LogP contribution in [0.25, 0.3) is 46.4 Å². The summed E-state index contributed by atoms with van der Waals surface area (Å²) in [6.07, 6.45) is 9.82. The highest BCUT2D eigenvalue weighted by atomic mass is 32.2. The van der Waals surface area contributed by atoms with E-state index in [1.54, 1.807) is 0 Å². The Hall–Kier alpha value is -3.45. The molecule has 0 radical (unpaired) electrons. The number of hydrogen-bond acceptors (Lipinski definition) is 4. The molecule has 0 saturated heterocycles. The Balaban J connectivity index is 1.81. The first-order chi connectivity index (χ1) is 14.6. The van der Waals surface area contributed by atoms with Crippen molar-refractivity contribution >= 4 is 57.5 Å². The lowest BCUT2D eigenvalue weighted by Gasteiger charge is -2.02. The fourth-order valence-corrected chi connectivity index (χ4v) is 4.32. The van der Waals surface area contributed by atoms with Crippen molar-refractivity contribution < 1.29 is 0 Å². The topological polar surface area (TPSA) is 86.8 Å². The van der Waals surface area contributed by atoms with E-state index in [9.17, 15) is 4.91 Å². The van der Waals surface area contributed by atoms with Gasteiger partial charge in [0.2, 0.25) is 0 Å². The summed E-state index contributed by atoms with van der Waals surface area (Å²) in [6, 6.07) is 14.2. The molecule has 0 spiro atoms. The van der Waals surface area contributed by atoms with Crippen LogP contribution in [0.2, 0.25) is 0 Å². The van der Waals surface area contributed by atoms with Gasteiger partial charge in [0.05, 0.1) is 22.8 Å². The molecule has 7 heteroatoms. The van der Waals surface area contributed by atoms with Crippen LogP contribution in [0.4, 0.5) is 0 Å². The minimum Gasteiger partial charge on any atom is -0.355 e. The number of aromatic nitrogens is 4. The molecular formula is C23H20N5OS+. The van der Waals surface area contributed by atoms with Gasteiger partial charge in [-0.2, -0.15) is 0 Å². The highest BCUT2D eigenvalue weighted by Crippen LogP contribution is 2.29. The number of nitrogens with zero attached hydrogens (tertiary/aromatic N) is 3. The number of aromatic amines is 2. The molecule has 2 atom stereocenters. The lowest BCUT2D eigenvalue weighted by atomic mass is 10.2. The quantitative estimate of drug-likeness (QED) is 0.296. The molecule has 148 valence electrons. The maximum atomic E-state index is 11.2. The van der Waals surface area contributed by atoms with Crippen LogP contribution in [0.3, 0.4) is 0 Å². The van der Waals surface area contributed by atoms with Crippen molar-refractivity contribution in [2.24, 2.45) is 4.58 Å². The number of nitrogens with one attached hydrogen (secondary N) is 2. The van der Waals surface area contributed by atoms with Gasteiger partial charge >= 0.3 is 0 Å². The van der Waals surface area contributed by atoms with Gasteiger partial charge in [0.15, 0.2) is 20.9 Å². The van der Waals surface area contributed by atoms with Crippen LogP contribution in [0, 0.1) is 4.91 Å². The monoisotopic (exact) mass is 414 g/mol. The van der Waals surface area contributed by atoms with Gasteiger partial charge in [-0.3, -0.25) is 0 Å². The molecule has 3 aromatic heterocycles. The molecule has 5 heterocycles. The molecule has 6 nitrogen and oxygen atoms in total. The first kappa shape index (κ1) is 18.6. The summed E-state index contributed by atoms with van der Waals surface area (Å²) in [5.74, 6) is 0. The van der Waals surface area contributed by atoms with Crippen molar-refractivity contribution in [2.45, 2.75) is 12.2 Å². The van der Waals surface area contributed by atoms with Crippen LogP contribution in [0.15, 0.2) is 47.0 Å². The van der Waals surface area contributed by atoms with E-state index in [1.807, 2.05) is 67.8 Å². The number of H-pyrrole nitrogens is 2. The lowest BCUT2D eigenvalue weighted by Crippen LogP contribution is -2.04. The SMILES string of the molecule is C[C@@H](c1cc2cc3ccc(cc4nc(cc5nc(cc1[nH]2)C=C5)C=C4)[nH]3)[S+](C)N=O. The zero-order chi connectivity index (χ0) is 20.7. The molecule has 2 N–H and O–H groups in total. The Morgan fingerprint density at radius 3 is 2.07 bits per heavy atom. The van der Waals surface area contributed by atoms with Crippen LogP contribution in [-0.2, 0) is 11.1 Å². The van der Waals surface area contributed by atoms with Gasteiger partial charge in [-0.05, 0) is 73.7 Å². The first-order valence-electron chi connectivity index (χ1n) is 9.64. The maximum Gasteiger partial charge on any atom is 0.177 e. The largest absolute Gasteiger partial charge is 0.355 e. The highest BCUT2D eigenvalue weighted by molar-refractivity contribution is 7.95. The zero-order valence-electron chi connectivity index (χ0n) is 16.6. The van der Waals surface area contributed by atoms with Crippen molar-refractivity contribution in [1.82, 2.24) is 19.9 Å². The Labute approximate surface area is 176 Å². The smallest absolute Gasteiger partial charge is 0.177 e. The third-order valence-corrected chi connectivity index (χ3v) is 6.78. The van der Waals surface area contributed by atoms with Gasteiger partial charge < -0.3 is 9.97 Å². The maximum absolute atomic E-state index is 11.2. The fourth-order valence-electron chi connectivity index (χ4n) is 3.63. The molecule has 2 aliphatic heterocycles. The normalized spacial score (nSPS) is 14.6. The number of hydrogen-bond donors (Lipinski definition) is 2. The van der Waals surface area contributed by atoms with Crippen LogP contribution in [0.5, 0.6) is 0 Å². The molecule has 2 aliphatic rings. The molecule has 8 bridgehead atoms. The fraction of sp³-hybridized carbons (Fsp3) is 0.130. The van der Waals surface area contributed by atoms with E-state index in [0.717, 1.165) is 50.4 Å². The third-order valence-electron chi connectivity index (χ3n) is 5.27. The molecule has 30 heavy (non-hydrogen) atoms. The molecule has 0 aliphatic carbocycles. The van der Waals surface area contributed by atoms with Gasteiger partial charge in [-0.15, -0.1) is 0 Å². The number of nitroso groups, excluding NO2 is 1. The van der Waals surface area contributed by atoms with Gasteiger partial charge in [-0.1, -0.05) is 4.91 Å². The van der Waals surface area contributed by atoms with E-state index in [2.05, 4.69) is 31.7 Å².